The molecule has 0 heterocycles. The molecule has 1 aliphatic carbocycles. The van der Waals surface area contributed by atoms with Crippen LogP contribution in [0.3, 0.4) is 0 Å². The summed E-state index contributed by atoms with van der Waals surface area (Å²) in [6.07, 6.45) is -1.58. The number of alkyl halides is 1. The smallest absolute Gasteiger partial charge is 0.341 e. The summed E-state index contributed by atoms with van der Waals surface area (Å²) >= 11 is 3.34. The molecule has 92 valence electrons. The van der Waals surface area contributed by atoms with Gasteiger partial charge in [-0.3, -0.25) is 0 Å². The van der Waals surface area contributed by atoms with E-state index < -0.39 is 17.7 Å². The lowest BCUT2D eigenvalue weighted by molar-refractivity contribution is -0.155. The molecule has 1 aromatic carbocycles. The molecular formula is C12H12BrFO3. The Bertz CT molecular complexity index is 463. The maximum atomic E-state index is 13.5. The van der Waals surface area contributed by atoms with Gasteiger partial charge >= 0.3 is 5.97 Å². The van der Waals surface area contributed by atoms with Crippen molar-refractivity contribution in [1.82, 2.24) is 0 Å². The number of hydrogen-bond donors (Lipinski definition) is 2. The average Bonchev–Trinajstić information content (AvgIpc) is 2.28. The minimum atomic E-state index is -2.24. The number of fused-ring (bicyclic) bond motifs is 1. The van der Waals surface area contributed by atoms with Gasteiger partial charge in [-0.1, -0.05) is 22.0 Å². The van der Waals surface area contributed by atoms with Crippen LogP contribution >= 0.6 is 15.9 Å². The summed E-state index contributed by atoms with van der Waals surface area (Å²) in [4.78, 5) is 10.6. The Morgan fingerprint density at radius 3 is 2.82 bits per heavy atom. The average molecular weight is 303 g/mol. The molecule has 2 rings (SSSR count). The number of hydrogen-bond acceptors (Lipinski definition) is 2. The fourth-order valence-electron chi connectivity index (χ4n) is 2.22. The fourth-order valence-corrected chi connectivity index (χ4v) is 2.62. The van der Waals surface area contributed by atoms with Gasteiger partial charge in [-0.15, -0.1) is 0 Å². The summed E-state index contributed by atoms with van der Waals surface area (Å²) < 4.78 is 14.4. The van der Waals surface area contributed by atoms with Crippen LogP contribution in [0.1, 0.15) is 17.5 Å². The Kier molecular flexibility index (Phi) is 3.23. The van der Waals surface area contributed by atoms with Crippen LogP contribution in [0.5, 0.6) is 0 Å². The summed E-state index contributed by atoms with van der Waals surface area (Å²) in [5.74, 6) is -1.60. The quantitative estimate of drug-likeness (QED) is 0.879. The van der Waals surface area contributed by atoms with Crippen molar-refractivity contribution in [3.8, 4) is 0 Å². The minimum Gasteiger partial charge on any atom is -0.479 e. The summed E-state index contributed by atoms with van der Waals surface area (Å²) in [5, 5.41) is 18.7. The number of aliphatic hydroxyl groups is 1. The van der Waals surface area contributed by atoms with Gasteiger partial charge in [0.15, 0.2) is 0 Å². The number of halogens is 2. The number of aliphatic carboxylic acids is 1. The molecule has 0 spiro atoms. The summed E-state index contributed by atoms with van der Waals surface area (Å²) in [5.41, 5.74) is 0.0552. The van der Waals surface area contributed by atoms with E-state index in [-0.39, 0.29) is 12.8 Å². The van der Waals surface area contributed by atoms with Crippen LogP contribution in [0.2, 0.25) is 0 Å². The third-order valence-corrected chi connectivity index (χ3v) is 3.67. The molecule has 0 aromatic heterocycles. The van der Waals surface area contributed by atoms with Gasteiger partial charge in [-0.05, 0) is 36.1 Å². The molecule has 0 saturated carbocycles. The normalized spacial score (nSPS) is 25.1. The molecule has 17 heavy (non-hydrogen) atoms. The van der Waals surface area contributed by atoms with Crippen molar-refractivity contribution in [3.05, 3.63) is 33.8 Å². The van der Waals surface area contributed by atoms with E-state index >= 15 is 0 Å². The van der Waals surface area contributed by atoms with Crippen molar-refractivity contribution < 1.29 is 19.4 Å². The van der Waals surface area contributed by atoms with E-state index in [1.165, 1.54) is 0 Å². The van der Waals surface area contributed by atoms with Gasteiger partial charge in [0, 0.05) is 10.9 Å². The van der Waals surface area contributed by atoms with Crippen LogP contribution < -0.4 is 0 Å². The zero-order valence-electron chi connectivity index (χ0n) is 8.99. The van der Waals surface area contributed by atoms with Gasteiger partial charge in [0.1, 0.15) is 5.60 Å². The molecule has 2 unspecified atom stereocenters. The Morgan fingerprint density at radius 2 is 2.18 bits per heavy atom. The van der Waals surface area contributed by atoms with Crippen LogP contribution in [0.25, 0.3) is 0 Å². The Morgan fingerprint density at radius 1 is 1.47 bits per heavy atom. The monoisotopic (exact) mass is 302 g/mol. The molecular weight excluding hydrogens is 291 g/mol. The zero-order valence-corrected chi connectivity index (χ0v) is 10.6. The highest BCUT2D eigenvalue weighted by molar-refractivity contribution is 9.10. The van der Waals surface area contributed by atoms with Gasteiger partial charge in [0.05, 0.1) is 0 Å². The third kappa shape index (κ3) is 2.35. The van der Waals surface area contributed by atoms with E-state index in [2.05, 4.69) is 15.9 Å². The summed E-state index contributed by atoms with van der Waals surface area (Å²) in [6, 6.07) is 5.51. The number of carboxylic acid groups (broad SMARTS) is 1. The largest absolute Gasteiger partial charge is 0.479 e. The van der Waals surface area contributed by atoms with Crippen LogP contribution in [-0.2, 0) is 17.6 Å². The van der Waals surface area contributed by atoms with E-state index in [9.17, 15) is 14.3 Å². The molecule has 0 bridgehead atoms. The highest BCUT2D eigenvalue weighted by atomic mass is 79.9. The first-order valence-electron chi connectivity index (χ1n) is 5.29. The third-order valence-electron chi connectivity index (χ3n) is 3.18. The molecule has 1 aliphatic rings. The van der Waals surface area contributed by atoms with Crippen molar-refractivity contribution >= 4 is 21.9 Å². The van der Waals surface area contributed by atoms with E-state index in [4.69, 9.17) is 5.11 Å². The predicted octanol–water partition coefficient (Wildman–Crippen LogP) is 2.09. The van der Waals surface area contributed by atoms with Crippen molar-refractivity contribution in [2.75, 3.05) is 0 Å². The number of carboxylic acids is 1. The summed E-state index contributed by atoms with van der Waals surface area (Å²) in [7, 11) is 0. The molecule has 0 aliphatic heterocycles. The Balaban J connectivity index is 2.29. The molecule has 5 heteroatoms. The highest BCUT2D eigenvalue weighted by Gasteiger charge is 2.44. The topological polar surface area (TPSA) is 57.5 Å². The molecule has 2 N–H and O–H groups in total. The lowest BCUT2D eigenvalue weighted by Gasteiger charge is -2.34. The molecule has 3 nitrogen and oxygen atoms in total. The van der Waals surface area contributed by atoms with Crippen LogP contribution in [0.4, 0.5) is 4.39 Å². The fraction of sp³-hybridized carbons (Fsp3) is 0.417. The lowest BCUT2D eigenvalue weighted by Crippen LogP contribution is -2.48. The molecule has 0 radical (unpaired) electrons. The van der Waals surface area contributed by atoms with E-state index in [1.54, 1.807) is 12.1 Å². The minimum absolute atomic E-state index is 0.0447. The highest BCUT2D eigenvalue weighted by Crippen LogP contribution is 2.33. The van der Waals surface area contributed by atoms with Gasteiger partial charge < -0.3 is 10.2 Å². The molecule has 0 fully saturated rings. The zero-order chi connectivity index (χ0) is 12.6. The van der Waals surface area contributed by atoms with Crippen LogP contribution in [0, 0.1) is 0 Å². The number of aryl methyl sites for hydroxylation is 1. The number of benzene rings is 1. The van der Waals surface area contributed by atoms with Gasteiger partial charge in [-0.25, -0.2) is 9.18 Å². The lowest BCUT2D eigenvalue weighted by atomic mass is 9.78. The molecule has 1 aromatic rings. The van der Waals surface area contributed by atoms with Crippen molar-refractivity contribution in [2.24, 2.45) is 0 Å². The van der Waals surface area contributed by atoms with E-state index in [0.717, 1.165) is 15.6 Å². The first kappa shape index (κ1) is 12.5. The number of carbonyl (C=O) groups is 1. The second-order valence-electron chi connectivity index (χ2n) is 4.39. The van der Waals surface area contributed by atoms with Crippen molar-refractivity contribution in [3.63, 3.8) is 0 Å². The predicted molar refractivity (Wildman–Crippen MR) is 63.6 cm³/mol. The number of rotatable bonds is 2. The first-order valence-corrected chi connectivity index (χ1v) is 6.08. The van der Waals surface area contributed by atoms with Crippen LogP contribution in [-0.4, -0.2) is 28.0 Å². The second kappa shape index (κ2) is 4.38. The Labute approximate surface area is 106 Å². The van der Waals surface area contributed by atoms with Crippen LogP contribution in [0.15, 0.2) is 22.7 Å². The molecule has 0 saturated heterocycles. The Hall–Kier alpha value is -0.940. The molecule has 2 atom stereocenters. The van der Waals surface area contributed by atoms with Crippen molar-refractivity contribution in [2.45, 2.75) is 31.0 Å². The SMILES string of the molecule is O=C(O)C(F)C1(O)CCc2cc(Br)ccc2C1. The first-order chi connectivity index (χ1) is 7.92. The standard InChI is InChI=1S/C12H12BrFO3/c13-9-2-1-8-6-12(17,10(14)11(15)16)4-3-7(8)5-9/h1-2,5,10,17H,3-4,6H2,(H,15,16). The second-order valence-corrected chi connectivity index (χ2v) is 5.31. The van der Waals surface area contributed by atoms with E-state index in [1.807, 2.05) is 6.07 Å². The van der Waals surface area contributed by atoms with Crippen molar-refractivity contribution in [1.29, 1.82) is 0 Å². The van der Waals surface area contributed by atoms with Gasteiger partial charge in [0.25, 0.3) is 0 Å². The maximum Gasteiger partial charge on any atom is 0.341 e. The van der Waals surface area contributed by atoms with Gasteiger partial charge in [-0.2, -0.15) is 0 Å². The maximum absolute atomic E-state index is 13.5. The van der Waals surface area contributed by atoms with Gasteiger partial charge in [0.2, 0.25) is 6.17 Å². The summed E-state index contributed by atoms with van der Waals surface area (Å²) in [6.45, 7) is 0. The molecule has 0 amide bonds. The van der Waals surface area contributed by atoms with E-state index in [0.29, 0.717) is 6.42 Å².